The fourth-order valence-corrected chi connectivity index (χ4v) is 5.38. The Labute approximate surface area is 181 Å². The molecule has 1 aromatic heterocycles. The molecule has 0 saturated heterocycles. The first-order valence-electron chi connectivity index (χ1n) is 9.35. The fraction of sp³-hybridized carbons (Fsp3) is 0.273. The number of benzene rings is 1. The number of hydrogen-bond acceptors (Lipinski definition) is 5. The van der Waals surface area contributed by atoms with Gasteiger partial charge in [0.2, 0.25) is 0 Å². The van der Waals surface area contributed by atoms with Gasteiger partial charge in [0.1, 0.15) is 10.8 Å². The van der Waals surface area contributed by atoms with Crippen molar-refractivity contribution in [2.24, 2.45) is 5.92 Å². The largest absolute Gasteiger partial charge is 0.465 e. The highest BCUT2D eigenvalue weighted by atomic mass is 79.9. The van der Waals surface area contributed by atoms with Gasteiger partial charge in [-0.1, -0.05) is 22.9 Å². The van der Waals surface area contributed by atoms with Crippen LogP contribution in [-0.4, -0.2) is 19.0 Å². The summed E-state index contributed by atoms with van der Waals surface area (Å²) in [5.41, 5.74) is 2.74. The van der Waals surface area contributed by atoms with Gasteiger partial charge < -0.3 is 14.8 Å². The number of fused-ring (bicyclic) bond motifs is 2. The Hall–Kier alpha value is -2.38. The van der Waals surface area contributed by atoms with Gasteiger partial charge in [0, 0.05) is 20.5 Å². The summed E-state index contributed by atoms with van der Waals surface area (Å²) in [6.45, 7) is 2.20. The first-order chi connectivity index (χ1) is 14.0. The molecule has 0 fully saturated rings. The van der Waals surface area contributed by atoms with E-state index in [1.807, 2.05) is 18.2 Å². The molecule has 1 N–H and O–H groups in total. The van der Waals surface area contributed by atoms with Crippen molar-refractivity contribution in [2.45, 2.75) is 26.2 Å². The maximum absolute atomic E-state index is 13.0. The predicted molar refractivity (Wildman–Crippen MR) is 117 cm³/mol. The second-order valence-corrected chi connectivity index (χ2v) is 9.22. The molecule has 1 atom stereocenters. The lowest BCUT2D eigenvalue weighted by molar-refractivity contribution is -0.112. The summed E-state index contributed by atoms with van der Waals surface area (Å²) in [6, 6.07) is 5.61. The van der Waals surface area contributed by atoms with Gasteiger partial charge in [-0.15, -0.1) is 11.3 Å². The zero-order valence-electron chi connectivity index (χ0n) is 16.1. The number of ether oxygens (including phenoxy) is 2. The standard InChI is InChI=1S/C22H20BrNO4S/c1-12-3-5-16-18(9-12)29-21(19(16)22(26)27-2)24-20(25)13-7-8-28-17-6-4-15(23)11-14(17)10-13/h4,6-8,10-12H,3,5,9H2,1-2H3,(H,24,25)/t12-/m1/s1. The Kier molecular flexibility index (Phi) is 5.61. The number of amides is 1. The first kappa shape index (κ1) is 19.9. The molecule has 2 heterocycles. The van der Waals surface area contributed by atoms with Crippen LogP contribution < -0.4 is 10.1 Å². The summed E-state index contributed by atoms with van der Waals surface area (Å²) in [5, 5.41) is 3.48. The molecule has 7 heteroatoms. The van der Waals surface area contributed by atoms with Crippen molar-refractivity contribution in [2.75, 3.05) is 12.4 Å². The van der Waals surface area contributed by atoms with Crippen molar-refractivity contribution in [3.05, 3.63) is 62.2 Å². The van der Waals surface area contributed by atoms with E-state index in [1.54, 1.807) is 12.2 Å². The third-order valence-corrected chi connectivity index (χ3v) is 6.78. The lowest BCUT2D eigenvalue weighted by Crippen LogP contribution is -2.16. The average Bonchev–Trinajstić information content (AvgIpc) is 2.90. The van der Waals surface area contributed by atoms with E-state index in [4.69, 9.17) is 9.47 Å². The van der Waals surface area contributed by atoms with Gasteiger partial charge >= 0.3 is 5.97 Å². The summed E-state index contributed by atoms with van der Waals surface area (Å²) in [6.07, 6.45) is 7.65. The van der Waals surface area contributed by atoms with Gasteiger partial charge in [-0.05, 0) is 61.1 Å². The van der Waals surface area contributed by atoms with Crippen LogP contribution in [0.15, 0.2) is 40.6 Å². The van der Waals surface area contributed by atoms with E-state index >= 15 is 0 Å². The summed E-state index contributed by atoms with van der Waals surface area (Å²) >= 11 is 4.91. The molecule has 0 unspecified atom stereocenters. The number of halogens is 1. The van der Waals surface area contributed by atoms with Crippen LogP contribution in [-0.2, 0) is 22.4 Å². The smallest absolute Gasteiger partial charge is 0.341 e. The van der Waals surface area contributed by atoms with Gasteiger partial charge in [-0.3, -0.25) is 4.79 Å². The van der Waals surface area contributed by atoms with Crippen molar-refractivity contribution in [1.29, 1.82) is 0 Å². The van der Waals surface area contributed by atoms with Crippen molar-refractivity contribution in [3.8, 4) is 5.75 Å². The highest BCUT2D eigenvalue weighted by Gasteiger charge is 2.29. The number of anilines is 1. The minimum Gasteiger partial charge on any atom is -0.465 e. The average molecular weight is 474 g/mol. The molecule has 0 spiro atoms. The minimum atomic E-state index is -0.407. The Morgan fingerprint density at radius 1 is 1.34 bits per heavy atom. The van der Waals surface area contributed by atoms with E-state index in [0.717, 1.165) is 39.7 Å². The van der Waals surface area contributed by atoms with E-state index in [1.165, 1.54) is 24.7 Å². The van der Waals surface area contributed by atoms with Crippen LogP contribution >= 0.6 is 27.3 Å². The maximum Gasteiger partial charge on any atom is 0.341 e. The summed E-state index contributed by atoms with van der Waals surface area (Å²) in [4.78, 5) is 26.6. The molecule has 0 radical (unpaired) electrons. The zero-order chi connectivity index (χ0) is 20.5. The molecule has 2 aromatic rings. The Morgan fingerprint density at radius 3 is 2.97 bits per heavy atom. The molecule has 150 valence electrons. The molecule has 1 aromatic carbocycles. The van der Waals surface area contributed by atoms with Gasteiger partial charge in [-0.25, -0.2) is 4.79 Å². The van der Waals surface area contributed by atoms with Crippen molar-refractivity contribution < 1.29 is 19.1 Å². The number of nitrogens with one attached hydrogen (secondary N) is 1. The second-order valence-electron chi connectivity index (χ2n) is 7.20. The van der Waals surface area contributed by atoms with Gasteiger partial charge in [0.25, 0.3) is 5.91 Å². The number of carbonyl (C=O) groups is 2. The van der Waals surface area contributed by atoms with Crippen molar-refractivity contribution >= 4 is 50.2 Å². The van der Waals surface area contributed by atoms with E-state index in [9.17, 15) is 9.59 Å². The number of hydrogen-bond donors (Lipinski definition) is 1. The summed E-state index contributed by atoms with van der Waals surface area (Å²) in [5.74, 6) is 0.530. The van der Waals surface area contributed by atoms with Gasteiger partial charge in [0.05, 0.1) is 18.9 Å². The highest BCUT2D eigenvalue weighted by molar-refractivity contribution is 9.10. The number of rotatable bonds is 3. The molecule has 4 rings (SSSR count). The number of thiophene rings is 1. The topological polar surface area (TPSA) is 64.6 Å². The predicted octanol–water partition coefficient (Wildman–Crippen LogP) is 5.35. The normalized spacial score (nSPS) is 17.3. The second kappa shape index (κ2) is 8.16. The fourth-order valence-electron chi connectivity index (χ4n) is 3.61. The summed E-state index contributed by atoms with van der Waals surface area (Å²) < 4.78 is 11.5. The van der Waals surface area contributed by atoms with Crippen LogP contribution in [0.1, 0.15) is 39.7 Å². The zero-order valence-corrected chi connectivity index (χ0v) is 18.5. The number of esters is 1. The van der Waals surface area contributed by atoms with E-state index in [2.05, 4.69) is 28.2 Å². The lowest BCUT2D eigenvalue weighted by Gasteiger charge is -2.18. The first-order valence-corrected chi connectivity index (χ1v) is 11.0. The van der Waals surface area contributed by atoms with Crippen LogP contribution in [0.4, 0.5) is 5.00 Å². The van der Waals surface area contributed by atoms with Gasteiger partial charge in [0.15, 0.2) is 0 Å². The SMILES string of the molecule is COC(=O)c1c(NC(=O)C2=Cc3cc(Br)ccc3OC=C2)sc2c1CC[C@@H](C)C2. The number of carbonyl (C=O) groups excluding carboxylic acids is 2. The van der Waals surface area contributed by atoms with Crippen molar-refractivity contribution in [1.82, 2.24) is 0 Å². The Bertz CT molecular complexity index is 1050. The monoisotopic (exact) mass is 473 g/mol. The Morgan fingerprint density at radius 2 is 2.17 bits per heavy atom. The quantitative estimate of drug-likeness (QED) is 0.610. The van der Waals surface area contributed by atoms with Crippen molar-refractivity contribution in [3.63, 3.8) is 0 Å². The van der Waals surface area contributed by atoms with E-state index in [0.29, 0.717) is 27.8 Å². The molecule has 0 bridgehead atoms. The summed E-state index contributed by atoms with van der Waals surface area (Å²) in [7, 11) is 1.37. The molecular weight excluding hydrogens is 454 g/mol. The minimum absolute atomic E-state index is 0.297. The molecule has 29 heavy (non-hydrogen) atoms. The Balaban J connectivity index is 1.67. The van der Waals surface area contributed by atoms with E-state index < -0.39 is 5.97 Å². The molecule has 5 nitrogen and oxygen atoms in total. The number of methoxy groups -OCH3 is 1. The van der Waals surface area contributed by atoms with Crippen LogP contribution in [0.25, 0.3) is 6.08 Å². The van der Waals surface area contributed by atoms with E-state index in [-0.39, 0.29) is 5.91 Å². The third kappa shape index (κ3) is 4.02. The lowest BCUT2D eigenvalue weighted by atomic mass is 9.88. The van der Waals surface area contributed by atoms with Gasteiger partial charge in [-0.2, -0.15) is 0 Å². The van der Waals surface area contributed by atoms with Crippen LogP contribution in [0.3, 0.4) is 0 Å². The molecule has 1 aliphatic heterocycles. The molecule has 1 aliphatic carbocycles. The van der Waals surface area contributed by atoms with Crippen LogP contribution in [0.2, 0.25) is 0 Å². The molecular formula is C22H20BrNO4S. The molecule has 2 aliphatic rings. The van der Waals surface area contributed by atoms with Crippen LogP contribution in [0.5, 0.6) is 5.75 Å². The maximum atomic E-state index is 13.0. The molecule has 0 saturated carbocycles. The molecule has 1 amide bonds. The van der Waals surface area contributed by atoms with Crippen LogP contribution in [0, 0.1) is 5.92 Å². The highest BCUT2D eigenvalue weighted by Crippen LogP contribution is 2.40. The third-order valence-electron chi connectivity index (χ3n) is 5.12.